The monoisotopic (exact) mass is 355 g/mol. The molecule has 1 fully saturated rings. The van der Waals surface area contributed by atoms with Crippen molar-refractivity contribution in [3.8, 4) is 0 Å². The lowest BCUT2D eigenvalue weighted by molar-refractivity contribution is -0.116. The molecule has 4 nitrogen and oxygen atoms in total. The topological polar surface area (TPSA) is 54.5 Å². The fourth-order valence-electron chi connectivity index (χ4n) is 2.28. The number of anilines is 1. The van der Waals surface area contributed by atoms with Gasteiger partial charge in [0.05, 0.1) is 17.5 Å². The number of halogens is 3. The van der Waals surface area contributed by atoms with Crippen LogP contribution in [0.2, 0.25) is 10.0 Å². The minimum Gasteiger partial charge on any atom is -0.307 e. The summed E-state index contributed by atoms with van der Waals surface area (Å²) >= 11 is 17.5. The van der Waals surface area contributed by atoms with E-state index in [2.05, 4.69) is 0 Å². The standard InChI is InChI=1S/C12H12Cl3NO3S/c13-6-12(17)16(10-1-2-20(18,19)7-10)11-4-8(14)3-9(15)5-11/h3-5,10H,1-2,6-7H2/t10-/m0/s1. The Balaban J connectivity index is 2.40. The van der Waals surface area contributed by atoms with Gasteiger partial charge in [-0.2, -0.15) is 0 Å². The molecular weight excluding hydrogens is 345 g/mol. The number of benzene rings is 1. The van der Waals surface area contributed by atoms with Crippen LogP contribution >= 0.6 is 34.8 Å². The molecule has 1 saturated heterocycles. The molecule has 0 saturated carbocycles. The first-order valence-electron chi connectivity index (χ1n) is 5.87. The number of hydrogen-bond acceptors (Lipinski definition) is 3. The van der Waals surface area contributed by atoms with Crippen LogP contribution in [0, 0.1) is 0 Å². The van der Waals surface area contributed by atoms with Crippen LogP contribution < -0.4 is 4.90 Å². The fraction of sp³-hybridized carbons (Fsp3) is 0.417. The zero-order valence-corrected chi connectivity index (χ0v) is 13.4. The van der Waals surface area contributed by atoms with Crippen LogP contribution in [0.25, 0.3) is 0 Å². The van der Waals surface area contributed by atoms with Crippen LogP contribution in [0.1, 0.15) is 6.42 Å². The van der Waals surface area contributed by atoms with Crippen LogP contribution in [0.3, 0.4) is 0 Å². The number of alkyl halides is 1. The molecule has 0 spiro atoms. The molecule has 0 radical (unpaired) electrons. The summed E-state index contributed by atoms with van der Waals surface area (Å²) in [6.45, 7) is 0. The third-order valence-corrected chi connectivity index (χ3v) is 5.50. The highest BCUT2D eigenvalue weighted by Gasteiger charge is 2.35. The Morgan fingerprint density at radius 2 is 1.85 bits per heavy atom. The molecule has 0 unspecified atom stereocenters. The molecule has 0 aliphatic carbocycles. The van der Waals surface area contributed by atoms with Crippen molar-refractivity contribution in [2.45, 2.75) is 12.5 Å². The average molecular weight is 357 g/mol. The molecule has 8 heteroatoms. The highest BCUT2D eigenvalue weighted by molar-refractivity contribution is 7.91. The van der Waals surface area contributed by atoms with Crippen molar-refractivity contribution in [3.05, 3.63) is 28.2 Å². The average Bonchev–Trinajstić information content (AvgIpc) is 2.68. The summed E-state index contributed by atoms with van der Waals surface area (Å²) in [6.07, 6.45) is 0.384. The van der Waals surface area contributed by atoms with E-state index in [0.29, 0.717) is 22.2 Å². The van der Waals surface area contributed by atoms with Crippen LogP contribution in [-0.4, -0.2) is 37.8 Å². The van der Waals surface area contributed by atoms with Crippen molar-refractivity contribution < 1.29 is 13.2 Å². The molecule has 1 aromatic rings. The highest BCUT2D eigenvalue weighted by Crippen LogP contribution is 2.30. The Kier molecular flexibility index (Phi) is 4.84. The van der Waals surface area contributed by atoms with Crippen molar-refractivity contribution >= 4 is 56.2 Å². The molecule has 20 heavy (non-hydrogen) atoms. The van der Waals surface area contributed by atoms with Gasteiger partial charge in [-0.05, 0) is 24.6 Å². The summed E-state index contributed by atoms with van der Waals surface area (Å²) in [5.74, 6) is -0.606. The molecule has 1 aliphatic rings. The lowest BCUT2D eigenvalue weighted by Crippen LogP contribution is -2.42. The molecule has 110 valence electrons. The summed E-state index contributed by atoms with van der Waals surface area (Å²) in [6, 6.07) is 4.26. The van der Waals surface area contributed by atoms with Crippen molar-refractivity contribution in [1.29, 1.82) is 0 Å². The van der Waals surface area contributed by atoms with E-state index in [1.807, 2.05) is 0 Å². The van der Waals surface area contributed by atoms with E-state index in [9.17, 15) is 13.2 Å². The van der Waals surface area contributed by atoms with Crippen LogP contribution in [0.4, 0.5) is 5.69 Å². The first-order valence-corrected chi connectivity index (χ1v) is 8.98. The molecule has 1 amide bonds. The predicted octanol–water partition coefficient (Wildman–Crippen LogP) is 2.75. The summed E-state index contributed by atoms with van der Waals surface area (Å²) in [7, 11) is -3.11. The van der Waals surface area contributed by atoms with Crippen molar-refractivity contribution in [2.75, 3.05) is 22.3 Å². The SMILES string of the molecule is O=C(CCl)N(c1cc(Cl)cc(Cl)c1)[C@H]1CCS(=O)(=O)C1. The molecule has 0 N–H and O–H groups in total. The molecule has 0 aromatic heterocycles. The van der Waals surface area contributed by atoms with Gasteiger partial charge >= 0.3 is 0 Å². The van der Waals surface area contributed by atoms with Gasteiger partial charge in [0.15, 0.2) is 9.84 Å². The van der Waals surface area contributed by atoms with E-state index in [0.717, 1.165) is 0 Å². The second-order valence-electron chi connectivity index (χ2n) is 4.58. The maximum atomic E-state index is 12.0. The smallest absolute Gasteiger partial charge is 0.242 e. The normalized spacial score (nSPS) is 20.9. The second kappa shape index (κ2) is 6.10. The summed E-state index contributed by atoms with van der Waals surface area (Å²) < 4.78 is 23.2. The fourth-order valence-corrected chi connectivity index (χ4v) is 4.62. The molecule has 1 heterocycles. The number of amides is 1. The zero-order valence-electron chi connectivity index (χ0n) is 10.4. The molecule has 1 atom stereocenters. The van der Waals surface area contributed by atoms with Crippen LogP contribution in [0.5, 0.6) is 0 Å². The van der Waals surface area contributed by atoms with Crippen molar-refractivity contribution in [3.63, 3.8) is 0 Å². The molecule has 1 aromatic carbocycles. The third kappa shape index (κ3) is 3.58. The minimum atomic E-state index is -3.11. The van der Waals surface area contributed by atoms with Gasteiger partial charge in [-0.1, -0.05) is 23.2 Å². The maximum absolute atomic E-state index is 12.0. The first kappa shape index (κ1) is 15.9. The summed E-state index contributed by atoms with van der Waals surface area (Å²) in [5, 5.41) is 0.751. The van der Waals surface area contributed by atoms with Gasteiger partial charge in [-0.15, -0.1) is 11.6 Å². The molecule has 0 bridgehead atoms. The number of nitrogens with zero attached hydrogens (tertiary/aromatic N) is 1. The number of hydrogen-bond donors (Lipinski definition) is 0. The minimum absolute atomic E-state index is 0.0675. The van der Waals surface area contributed by atoms with E-state index >= 15 is 0 Å². The summed E-state index contributed by atoms with van der Waals surface area (Å²) in [4.78, 5) is 13.4. The Morgan fingerprint density at radius 3 is 2.30 bits per heavy atom. The molecule has 1 aliphatic heterocycles. The Labute approximate surface area is 132 Å². The highest BCUT2D eigenvalue weighted by atomic mass is 35.5. The molecular formula is C12H12Cl3NO3S. The largest absolute Gasteiger partial charge is 0.307 e. The van der Waals surface area contributed by atoms with Crippen molar-refractivity contribution in [1.82, 2.24) is 0 Å². The molecule has 2 rings (SSSR count). The zero-order chi connectivity index (χ0) is 14.9. The Bertz CT molecular complexity index is 613. The lowest BCUT2D eigenvalue weighted by atomic mass is 10.2. The number of sulfone groups is 1. The van der Waals surface area contributed by atoms with E-state index in [1.54, 1.807) is 18.2 Å². The second-order valence-corrected chi connectivity index (χ2v) is 7.95. The van der Waals surface area contributed by atoms with E-state index in [4.69, 9.17) is 34.8 Å². The summed E-state index contributed by atoms with van der Waals surface area (Å²) in [5.41, 5.74) is 0.468. The van der Waals surface area contributed by atoms with Gasteiger partial charge in [0, 0.05) is 15.7 Å². The Morgan fingerprint density at radius 1 is 1.25 bits per heavy atom. The third-order valence-electron chi connectivity index (χ3n) is 3.08. The van der Waals surface area contributed by atoms with Crippen molar-refractivity contribution in [2.24, 2.45) is 0 Å². The van der Waals surface area contributed by atoms with E-state index in [-0.39, 0.29) is 23.3 Å². The number of rotatable bonds is 3. The van der Waals surface area contributed by atoms with Gasteiger partial charge in [0.2, 0.25) is 5.91 Å². The van der Waals surface area contributed by atoms with Gasteiger partial charge in [0.25, 0.3) is 0 Å². The number of carbonyl (C=O) groups is 1. The van der Waals surface area contributed by atoms with E-state index in [1.165, 1.54) is 4.90 Å². The lowest BCUT2D eigenvalue weighted by Gasteiger charge is -2.28. The van der Waals surface area contributed by atoms with Crippen LogP contribution in [-0.2, 0) is 14.6 Å². The maximum Gasteiger partial charge on any atom is 0.242 e. The first-order chi connectivity index (χ1) is 9.32. The van der Waals surface area contributed by atoms with Gasteiger partial charge in [-0.25, -0.2) is 8.42 Å². The van der Waals surface area contributed by atoms with E-state index < -0.39 is 15.9 Å². The predicted molar refractivity (Wildman–Crippen MR) is 81.7 cm³/mol. The van der Waals surface area contributed by atoms with Gasteiger partial charge in [0.1, 0.15) is 5.88 Å². The Hall–Kier alpha value is -0.490. The van der Waals surface area contributed by atoms with Gasteiger partial charge < -0.3 is 4.90 Å². The number of carbonyl (C=O) groups excluding carboxylic acids is 1. The van der Waals surface area contributed by atoms with Gasteiger partial charge in [-0.3, -0.25) is 4.79 Å². The van der Waals surface area contributed by atoms with Crippen LogP contribution in [0.15, 0.2) is 18.2 Å². The quantitative estimate of drug-likeness (QED) is 0.783.